The first-order chi connectivity index (χ1) is 6.22. The average Bonchev–Trinajstić information content (AvgIpc) is 2.51. The Morgan fingerprint density at radius 3 is 2.62 bits per heavy atom. The van der Waals surface area contributed by atoms with Crippen molar-refractivity contribution in [3.05, 3.63) is 0 Å². The lowest BCUT2D eigenvalue weighted by molar-refractivity contribution is 0.0624. The van der Waals surface area contributed by atoms with Gasteiger partial charge in [0.1, 0.15) is 0 Å². The minimum atomic E-state index is 0.253. The summed E-state index contributed by atoms with van der Waals surface area (Å²) in [5.41, 5.74) is 0.253. The third-order valence-corrected chi connectivity index (χ3v) is 4.29. The summed E-state index contributed by atoms with van der Waals surface area (Å²) in [4.78, 5) is 4.88. The maximum Gasteiger partial charge on any atom is 0.0755 e. The number of thioether (sulfide) groups is 1. The molecule has 2 nitrogen and oxygen atoms in total. The lowest BCUT2D eigenvalue weighted by Crippen LogP contribution is -2.34. The van der Waals surface area contributed by atoms with Crippen LogP contribution in [0.25, 0.3) is 0 Å². The zero-order valence-corrected chi connectivity index (χ0v) is 9.19. The molecule has 0 aromatic heterocycles. The van der Waals surface area contributed by atoms with Crippen molar-refractivity contribution in [1.29, 1.82) is 0 Å². The van der Waals surface area contributed by atoms with E-state index in [9.17, 15) is 0 Å². The fourth-order valence-electron chi connectivity index (χ4n) is 1.81. The number of ether oxygens (including phenoxy) is 1. The standard InChI is InChI=1S/C10H17NOS/c1-8(2)9-11-10(7-13-9)3-5-12-6-4-10/h8H,3-7H2,1-2H3. The van der Waals surface area contributed by atoms with Crippen LogP contribution in [-0.2, 0) is 4.74 Å². The Labute approximate surface area is 84.1 Å². The summed E-state index contributed by atoms with van der Waals surface area (Å²) in [5.74, 6) is 1.79. The van der Waals surface area contributed by atoms with Crippen molar-refractivity contribution in [2.24, 2.45) is 10.9 Å². The van der Waals surface area contributed by atoms with Crippen molar-refractivity contribution in [2.45, 2.75) is 32.2 Å². The molecule has 0 amide bonds. The molecule has 3 heteroatoms. The maximum absolute atomic E-state index is 5.37. The fourth-order valence-corrected chi connectivity index (χ4v) is 3.17. The van der Waals surface area contributed by atoms with Crippen molar-refractivity contribution in [2.75, 3.05) is 19.0 Å². The maximum atomic E-state index is 5.37. The van der Waals surface area contributed by atoms with Crippen molar-refractivity contribution in [1.82, 2.24) is 0 Å². The predicted octanol–water partition coefficient (Wildman–Crippen LogP) is 2.34. The van der Waals surface area contributed by atoms with Gasteiger partial charge in [0.25, 0.3) is 0 Å². The van der Waals surface area contributed by atoms with E-state index in [2.05, 4.69) is 13.8 Å². The molecule has 0 aromatic rings. The van der Waals surface area contributed by atoms with Crippen molar-refractivity contribution < 1.29 is 4.74 Å². The van der Waals surface area contributed by atoms with Crippen molar-refractivity contribution >= 4 is 16.8 Å². The number of nitrogens with zero attached hydrogens (tertiary/aromatic N) is 1. The molecule has 2 aliphatic heterocycles. The van der Waals surface area contributed by atoms with Crippen LogP contribution in [0.3, 0.4) is 0 Å². The van der Waals surface area contributed by atoms with E-state index in [1.807, 2.05) is 11.8 Å². The van der Waals surface area contributed by atoms with Crippen LogP contribution in [0.1, 0.15) is 26.7 Å². The molecule has 74 valence electrons. The highest BCUT2D eigenvalue weighted by molar-refractivity contribution is 8.14. The lowest BCUT2D eigenvalue weighted by Gasteiger charge is -2.29. The van der Waals surface area contributed by atoms with E-state index >= 15 is 0 Å². The summed E-state index contributed by atoms with van der Waals surface area (Å²) in [7, 11) is 0. The SMILES string of the molecule is CC(C)C1=NC2(CCOCC2)CS1. The fraction of sp³-hybridized carbons (Fsp3) is 0.900. The third kappa shape index (κ3) is 1.91. The molecule has 0 atom stereocenters. The number of aliphatic imine (C=N–C) groups is 1. The van der Waals surface area contributed by atoms with Crippen LogP contribution in [0.15, 0.2) is 4.99 Å². The van der Waals surface area contributed by atoms with Gasteiger partial charge < -0.3 is 4.74 Å². The van der Waals surface area contributed by atoms with E-state index < -0.39 is 0 Å². The monoisotopic (exact) mass is 199 g/mol. The summed E-state index contributed by atoms with van der Waals surface area (Å²) in [5, 5.41) is 1.35. The molecule has 13 heavy (non-hydrogen) atoms. The Kier molecular flexibility index (Phi) is 2.65. The second kappa shape index (κ2) is 3.62. The molecule has 2 rings (SSSR count). The van der Waals surface area contributed by atoms with E-state index in [4.69, 9.17) is 9.73 Å². The Hall–Kier alpha value is -0.0200. The smallest absolute Gasteiger partial charge is 0.0755 e. The number of hydrogen-bond donors (Lipinski definition) is 0. The highest BCUT2D eigenvalue weighted by Gasteiger charge is 2.37. The first kappa shape index (κ1) is 9.53. The van der Waals surface area contributed by atoms with Gasteiger partial charge in [-0.1, -0.05) is 13.8 Å². The van der Waals surface area contributed by atoms with Gasteiger partial charge in [-0.15, -0.1) is 11.8 Å². The normalized spacial score (nSPS) is 26.8. The van der Waals surface area contributed by atoms with Gasteiger partial charge in [0.05, 0.1) is 10.6 Å². The van der Waals surface area contributed by atoms with E-state index in [0.29, 0.717) is 5.92 Å². The Morgan fingerprint density at radius 1 is 1.38 bits per heavy atom. The zero-order valence-electron chi connectivity index (χ0n) is 8.38. The van der Waals surface area contributed by atoms with E-state index in [-0.39, 0.29) is 5.54 Å². The summed E-state index contributed by atoms with van der Waals surface area (Å²) in [6.45, 7) is 6.25. The van der Waals surface area contributed by atoms with Gasteiger partial charge in [-0.05, 0) is 12.8 Å². The van der Waals surface area contributed by atoms with Gasteiger partial charge in [-0.2, -0.15) is 0 Å². The van der Waals surface area contributed by atoms with Crippen LogP contribution in [0.4, 0.5) is 0 Å². The molecule has 0 unspecified atom stereocenters. The Bertz CT molecular complexity index is 219. The van der Waals surface area contributed by atoms with Gasteiger partial charge in [-0.25, -0.2) is 0 Å². The molecule has 1 saturated heterocycles. The van der Waals surface area contributed by atoms with E-state index in [1.165, 1.54) is 10.8 Å². The molecule has 0 bridgehead atoms. The molecule has 0 aliphatic carbocycles. The lowest BCUT2D eigenvalue weighted by atomic mass is 9.93. The molecule has 2 heterocycles. The van der Waals surface area contributed by atoms with Crippen molar-refractivity contribution in [3.63, 3.8) is 0 Å². The van der Waals surface area contributed by atoms with Gasteiger partial charge in [0.2, 0.25) is 0 Å². The Balaban J connectivity index is 2.08. The minimum absolute atomic E-state index is 0.253. The van der Waals surface area contributed by atoms with Crippen LogP contribution in [0.2, 0.25) is 0 Å². The molecular formula is C10H17NOS. The number of rotatable bonds is 1. The van der Waals surface area contributed by atoms with Crippen LogP contribution in [0, 0.1) is 5.92 Å². The molecule has 1 fully saturated rings. The zero-order chi connectivity index (χ0) is 9.31. The summed E-state index contributed by atoms with van der Waals surface area (Å²) < 4.78 is 5.37. The highest BCUT2D eigenvalue weighted by Crippen LogP contribution is 2.37. The van der Waals surface area contributed by atoms with Gasteiger partial charge in [0, 0.05) is 24.9 Å². The van der Waals surface area contributed by atoms with Gasteiger partial charge in [0.15, 0.2) is 0 Å². The van der Waals surface area contributed by atoms with Crippen LogP contribution in [0.5, 0.6) is 0 Å². The molecule has 0 radical (unpaired) electrons. The molecular weight excluding hydrogens is 182 g/mol. The van der Waals surface area contributed by atoms with E-state index in [0.717, 1.165) is 26.1 Å². The first-order valence-electron chi connectivity index (χ1n) is 5.02. The molecule has 0 saturated carbocycles. The average molecular weight is 199 g/mol. The van der Waals surface area contributed by atoms with Crippen molar-refractivity contribution in [3.8, 4) is 0 Å². The van der Waals surface area contributed by atoms with Gasteiger partial charge >= 0.3 is 0 Å². The highest BCUT2D eigenvalue weighted by atomic mass is 32.2. The van der Waals surface area contributed by atoms with E-state index in [1.54, 1.807) is 0 Å². The molecule has 2 aliphatic rings. The predicted molar refractivity (Wildman–Crippen MR) is 57.5 cm³/mol. The molecule has 0 N–H and O–H groups in total. The largest absolute Gasteiger partial charge is 0.381 e. The molecule has 0 aromatic carbocycles. The van der Waals surface area contributed by atoms with Crippen LogP contribution in [-0.4, -0.2) is 29.5 Å². The summed E-state index contributed by atoms with van der Waals surface area (Å²) in [6.07, 6.45) is 2.24. The molecule has 1 spiro atoms. The second-order valence-corrected chi connectivity index (χ2v) is 5.23. The summed E-state index contributed by atoms with van der Waals surface area (Å²) in [6, 6.07) is 0. The van der Waals surface area contributed by atoms with Crippen LogP contribution < -0.4 is 0 Å². The Morgan fingerprint density at radius 2 is 2.08 bits per heavy atom. The third-order valence-electron chi connectivity index (χ3n) is 2.75. The first-order valence-corrected chi connectivity index (χ1v) is 6.01. The summed E-state index contributed by atoms with van der Waals surface area (Å²) >= 11 is 1.95. The van der Waals surface area contributed by atoms with Gasteiger partial charge in [-0.3, -0.25) is 4.99 Å². The minimum Gasteiger partial charge on any atom is -0.381 e. The van der Waals surface area contributed by atoms with Crippen LogP contribution >= 0.6 is 11.8 Å². The topological polar surface area (TPSA) is 21.6 Å². The number of hydrogen-bond acceptors (Lipinski definition) is 3. The quantitative estimate of drug-likeness (QED) is 0.646. The second-order valence-electron chi connectivity index (χ2n) is 4.23.